The molecule has 7 nitrogen and oxygen atoms in total. The Balaban J connectivity index is 1.62. The Hall–Kier alpha value is -1.34. The summed E-state index contributed by atoms with van der Waals surface area (Å²) in [6.45, 7) is 5.30. The second kappa shape index (κ2) is 8.19. The average molecular weight is 299 g/mol. The molecule has 0 aromatic heterocycles. The molecule has 21 heavy (non-hydrogen) atoms. The van der Waals surface area contributed by atoms with Gasteiger partial charge in [0, 0.05) is 26.2 Å². The zero-order valence-electron chi connectivity index (χ0n) is 12.4. The van der Waals surface area contributed by atoms with Crippen LogP contribution >= 0.6 is 0 Å². The van der Waals surface area contributed by atoms with Crippen molar-refractivity contribution in [2.75, 3.05) is 52.5 Å². The largest absolute Gasteiger partial charge is 0.480 e. The Morgan fingerprint density at radius 3 is 2.62 bits per heavy atom. The van der Waals surface area contributed by atoms with Crippen molar-refractivity contribution in [3.8, 4) is 0 Å². The quantitative estimate of drug-likeness (QED) is 0.626. The van der Waals surface area contributed by atoms with Crippen molar-refractivity contribution in [1.29, 1.82) is 0 Å². The maximum Gasteiger partial charge on any atom is 0.323 e. The first-order valence-electron chi connectivity index (χ1n) is 7.70. The van der Waals surface area contributed by atoms with E-state index >= 15 is 0 Å². The zero-order chi connectivity index (χ0) is 15.1. The van der Waals surface area contributed by atoms with Crippen molar-refractivity contribution in [3.05, 3.63) is 0 Å². The van der Waals surface area contributed by atoms with Gasteiger partial charge in [-0.1, -0.05) is 0 Å². The van der Waals surface area contributed by atoms with Gasteiger partial charge in [0.2, 0.25) is 0 Å². The number of hydrogen-bond acceptors (Lipinski definition) is 4. The number of carboxylic acid groups (broad SMARTS) is 1. The second-order valence-corrected chi connectivity index (χ2v) is 5.76. The molecule has 0 spiro atoms. The molecular weight excluding hydrogens is 274 g/mol. The molecule has 2 N–H and O–H groups in total. The minimum atomic E-state index is -0.959. The molecule has 0 atom stereocenters. The highest BCUT2D eigenvalue weighted by Crippen LogP contribution is 2.29. The van der Waals surface area contributed by atoms with E-state index in [1.54, 1.807) is 0 Å². The summed E-state index contributed by atoms with van der Waals surface area (Å²) in [5, 5.41) is 11.7. The molecular formula is C14H25N3O4. The summed E-state index contributed by atoms with van der Waals surface area (Å²) in [6.07, 6.45) is 3.07. The number of nitrogens with one attached hydrogen (secondary N) is 1. The molecule has 2 rings (SSSR count). The van der Waals surface area contributed by atoms with E-state index in [9.17, 15) is 9.59 Å². The monoisotopic (exact) mass is 299 g/mol. The Morgan fingerprint density at radius 1 is 1.29 bits per heavy atom. The molecule has 0 radical (unpaired) electrons. The van der Waals surface area contributed by atoms with Crippen LogP contribution in [0.15, 0.2) is 0 Å². The topological polar surface area (TPSA) is 82.1 Å². The normalized spacial score (nSPS) is 19.2. The minimum absolute atomic E-state index is 0.216. The summed E-state index contributed by atoms with van der Waals surface area (Å²) >= 11 is 0. The Morgan fingerprint density at radius 2 is 2.00 bits per heavy atom. The molecule has 1 heterocycles. The molecule has 1 aliphatic carbocycles. The molecule has 1 saturated heterocycles. The van der Waals surface area contributed by atoms with Gasteiger partial charge in [0.05, 0.1) is 13.2 Å². The molecule has 1 saturated carbocycles. The highest BCUT2D eigenvalue weighted by atomic mass is 16.5. The van der Waals surface area contributed by atoms with Gasteiger partial charge in [0.25, 0.3) is 0 Å². The van der Waals surface area contributed by atoms with Crippen LogP contribution in [0.2, 0.25) is 0 Å². The fraction of sp³-hybridized carbons (Fsp3) is 0.857. The summed E-state index contributed by atoms with van der Waals surface area (Å²) in [7, 11) is 0. The van der Waals surface area contributed by atoms with Crippen LogP contribution in [-0.2, 0) is 9.53 Å². The number of nitrogens with zero attached hydrogens (tertiary/aromatic N) is 2. The first kappa shape index (κ1) is 16.0. The number of morpholine rings is 1. The van der Waals surface area contributed by atoms with E-state index in [-0.39, 0.29) is 12.6 Å². The summed E-state index contributed by atoms with van der Waals surface area (Å²) in [4.78, 5) is 26.5. The molecule has 0 aromatic carbocycles. The third-order valence-corrected chi connectivity index (χ3v) is 3.82. The van der Waals surface area contributed by atoms with Gasteiger partial charge >= 0.3 is 12.0 Å². The van der Waals surface area contributed by atoms with E-state index in [1.807, 2.05) is 0 Å². The third kappa shape index (κ3) is 6.31. The van der Waals surface area contributed by atoms with Crippen LogP contribution in [-0.4, -0.2) is 79.4 Å². The fourth-order valence-electron chi connectivity index (χ4n) is 2.43. The summed E-state index contributed by atoms with van der Waals surface area (Å²) in [6, 6.07) is -0.258. The van der Waals surface area contributed by atoms with Crippen molar-refractivity contribution in [2.24, 2.45) is 5.92 Å². The Labute approximate surface area is 125 Å². The molecule has 0 unspecified atom stereocenters. The molecule has 1 aliphatic heterocycles. The number of amides is 2. The van der Waals surface area contributed by atoms with Crippen molar-refractivity contribution in [3.63, 3.8) is 0 Å². The average Bonchev–Trinajstić information content (AvgIpc) is 3.27. The summed E-state index contributed by atoms with van der Waals surface area (Å²) in [5.74, 6) is -0.470. The van der Waals surface area contributed by atoms with E-state index in [0.717, 1.165) is 52.1 Å². The number of ether oxygens (including phenoxy) is 1. The number of carbonyl (C=O) groups is 2. The van der Waals surface area contributed by atoms with E-state index in [1.165, 1.54) is 4.90 Å². The van der Waals surface area contributed by atoms with Gasteiger partial charge in [-0.05, 0) is 31.7 Å². The second-order valence-electron chi connectivity index (χ2n) is 5.76. The van der Waals surface area contributed by atoms with Gasteiger partial charge in [0.15, 0.2) is 0 Å². The standard InChI is InChI=1S/C14H25N3O4/c18-13(19)11-17(10-12-2-3-12)14(20)15-4-1-5-16-6-8-21-9-7-16/h12H,1-11H2,(H,15,20)(H,18,19). The van der Waals surface area contributed by atoms with Crippen LogP contribution in [0.5, 0.6) is 0 Å². The number of rotatable bonds is 8. The van der Waals surface area contributed by atoms with Gasteiger partial charge in [-0.15, -0.1) is 0 Å². The van der Waals surface area contributed by atoms with Crippen LogP contribution in [0, 0.1) is 5.92 Å². The number of carbonyl (C=O) groups excluding carboxylic acids is 1. The van der Waals surface area contributed by atoms with E-state index in [4.69, 9.17) is 9.84 Å². The van der Waals surface area contributed by atoms with Crippen molar-refractivity contribution in [1.82, 2.24) is 15.1 Å². The number of carboxylic acids is 1. The fourth-order valence-corrected chi connectivity index (χ4v) is 2.43. The van der Waals surface area contributed by atoms with Gasteiger partial charge < -0.3 is 20.1 Å². The lowest BCUT2D eigenvalue weighted by Crippen LogP contribution is -2.44. The van der Waals surface area contributed by atoms with Crippen LogP contribution < -0.4 is 5.32 Å². The summed E-state index contributed by atoms with van der Waals surface area (Å²) in [5.41, 5.74) is 0. The predicted molar refractivity (Wildman–Crippen MR) is 77.2 cm³/mol. The van der Waals surface area contributed by atoms with Gasteiger partial charge in [0.1, 0.15) is 6.54 Å². The molecule has 0 aromatic rings. The van der Waals surface area contributed by atoms with E-state index < -0.39 is 5.97 Å². The Bertz CT molecular complexity index is 354. The van der Waals surface area contributed by atoms with Crippen molar-refractivity contribution >= 4 is 12.0 Å². The van der Waals surface area contributed by atoms with Gasteiger partial charge in [-0.25, -0.2) is 4.79 Å². The highest BCUT2D eigenvalue weighted by Gasteiger charge is 2.27. The maximum absolute atomic E-state index is 12.0. The van der Waals surface area contributed by atoms with Crippen molar-refractivity contribution in [2.45, 2.75) is 19.3 Å². The number of aliphatic carboxylic acids is 1. The molecule has 7 heteroatoms. The number of urea groups is 1. The van der Waals surface area contributed by atoms with Gasteiger partial charge in [-0.2, -0.15) is 0 Å². The third-order valence-electron chi connectivity index (χ3n) is 3.82. The lowest BCUT2D eigenvalue weighted by molar-refractivity contribution is -0.137. The van der Waals surface area contributed by atoms with Crippen LogP contribution in [0.25, 0.3) is 0 Å². The molecule has 0 bridgehead atoms. The molecule has 2 fully saturated rings. The molecule has 2 amide bonds. The summed E-state index contributed by atoms with van der Waals surface area (Å²) < 4.78 is 5.28. The molecule has 2 aliphatic rings. The maximum atomic E-state index is 12.0. The van der Waals surface area contributed by atoms with E-state index in [0.29, 0.717) is 19.0 Å². The van der Waals surface area contributed by atoms with Crippen LogP contribution in [0.3, 0.4) is 0 Å². The van der Waals surface area contributed by atoms with Crippen LogP contribution in [0.1, 0.15) is 19.3 Å². The predicted octanol–water partition coefficient (Wildman–Crippen LogP) is 0.215. The molecule has 120 valence electrons. The lowest BCUT2D eigenvalue weighted by atomic mass is 10.3. The SMILES string of the molecule is O=C(O)CN(CC1CC1)C(=O)NCCCN1CCOCC1. The van der Waals surface area contributed by atoms with Gasteiger partial charge in [-0.3, -0.25) is 9.69 Å². The first-order valence-corrected chi connectivity index (χ1v) is 7.70. The van der Waals surface area contributed by atoms with Crippen LogP contribution in [0.4, 0.5) is 4.79 Å². The van der Waals surface area contributed by atoms with Crippen molar-refractivity contribution < 1.29 is 19.4 Å². The van der Waals surface area contributed by atoms with E-state index in [2.05, 4.69) is 10.2 Å². The highest BCUT2D eigenvalue weighted by molar-refractivity contribution is 5.80. The Kier molecular flexibility index (Phi) is 6.25. The zero-order valence-corrected chi connectivity index (χ0v) is 12.4. The first-order chi connectivity index (χ1) is 10.1. The minimum Gasteiger partial charge on any atom is -0.480 e. The lowest BCUT2D eigenvalue weighted by Gasteiger charge is -2.26. The smallest absolute Gasteiger partial charge is 0.323 e. The number of hydrogen-bond donors (Lipinski definition) is 2.